The van der Waals surface area contributed by atoms with Gasteiger partial charge in [-0.1, -0.05) is 18.2 Å². The van der Waals surface area contributed by atoms with E-state index >= 15 is 0 Å². The van der Waals surface area contributed by atoms with Gasteiger partial charge in [-0.2, -0.15) is 0 Å². The van der Waals surface area contributed by atoms with Gasteiger partial charge in [0.15, 0.2) is 17.1 Å². The standard InChI is InChI=1S/C17H13NO4/c1-20-13-7-11-12(8-14(13)21-2)18-15-9-5-3-4-6-10(9)17(19)22-16(11)15/h3-8,18H,1-2H3. The lowest BCUT2D eigenvalue weighted by molar-refractivity contribution is 0.356. The van der Waals surface area contributed by atoms with Gasteiger partial charge < -0.3 is 18.9 Å². The van der Waals surface area contributed by atoms with Crippen LogP contribution in [0.5, 0.6) is 11.5 Å². The van der Waals surface area contributed by atoms with Gasteiger partial charge in [-0.3, -0.25) is 0 Å². The number of benzene rings is 2. The highest BCUT2D eigenvalue weighted by atomic mass is 16.5. The minimum absolute atomic E-state index is 0.348. The van der Waals surface area contributed by atoms with Gasteiger partial charge >= 0.3 is 5.63 Å². The molecule has 0 bridgehead atoms. The Labute approximate surface area is 125 Å². The number of methoxy groups -OCH3 is 2. The van der Waals surface area contributed by atoms with Gasteiger partial charge in [0.1, 0.15) is 0 Å². The Kier molecular flexibility index (Phi) is 2.63. The highest BCUT2D eigenvalue weighted by Gasteiger charge is 2.15. The Morgan fingerprint density at radius 1 is 0.955 bits per heavy atom. The summed E-state index contributed by atoms with van der Waals surface area (Å²) in [5.74, 6) is 1.21. The van der Waals surface area contributed by atoms with Gasteiger partial charge in [0.25, 0.3) is 0 Å². The third-order valence-corrected chi connectivity index (χ3v) is 3.87. The number of H-pyrrole nitrogens is 1. The molecule has 0 amide bonds. The van der Waals surface area contributed by atoms with Crippen LogP contribution in [-0.2, 0) is 0 Å². The summed E-state index contributed by atoms with van der Waals surface area (Å²) in [7, 11) is 3.16. The molecule has 4 aromatic rings. The van der Waals surface area contributed by atoms with Crippen LogP contribution in [0.3, 0.4) is 0 Å². The predicted molar refractivity (Wildman–Crippen MR) is 85.0 cm³/mol. The number of hydrogen-bond donors (Lipinski definition) is 1. The molecule has 2 heterocycles. The van der Waals surface area contributed by atoms with Crippen LogP contribution in [0, 0.1) is 0 Å². The summed E-state index contributed by atoms with van der Waals surface area (Å²) >= 11 is 0. The van der Waals surface area contributed by atoms with E-state index < -0.39 is 0 Å². The maximum absolute atomic E-state index is 12.2. The number of ether oxygens (including phenoxy) is 2. The Balaban J connectivity index is 2.23. The molecule has 5 nitrogen and oxygen atoms in total. The lowest BCUT2D eigenvalue weighted by Gasteiger charge is -2.06. The molecule has 0 saturated carbocycles. The molecule has 0 aliphatic rings. The molecule has 22 heavy (non-hydrogen) atoms. The first-order valence-electron chi connectivity index (χ1n) is 6.82. The molecule has 0 unspecified atom stereocenters. The van der Waals surface area contributed by atoms with Crippen LogP contribution in [-0.4, -0.2) is 19.2 Å². The Bertz CT molecular complexity index is 1070. The molecule has 5 heteroatoms. The summed E-state index contributed by atoms with van der Waals surface area (Å²) in [6.45, 7) is 0. The summed E-state index contributed by atoms with van der Waals surface area (Å²) in [6, 6.07) is 11.0. The molecular weight excluding hydrogens is 282 g/mol. The quantitative estimate of drug-likeness (QED) is 0.615. The summed E-state index contributed by atoms with van der Waals surface area (Å²) < 4.78 is 16.2. The fourth-order valence-electron chi connectivity index (χ4n) is 2.82. The van der Waals surface area contributed by atoms with Crippen molar-refractivity contribution in [2.75, 3.05) is 14.2 Å². The second-order valence-corrected chi connectivity index (χ2v) is 5.02. The molecule has 0 spiro atoms. The van der Waals surface area contributed by atoms with Crippen molar-refractivity contribution in [2.45, 2.75) is 0 Å². The van der Waals surface area contributed by atoms with Crippen molar-refractivity contribution in [1.29, 1.82) is 0 Å². The number of hydrogen-bond acceptors (Lipinski definition) is 4. The van der Waals surface area contributed by atoms with E-state index in [9.17, 15) is 4.79 Å². The van der Waals surface area contributed by atoms with E-state index in [2.05, 4.69) is 4.98 Å². The van der Waals surface area contributed by atoms with Crippen molar-refractivity contribution in [3.8, 4) is 11.5 Å². The third-order valence-electron chi connectivity index (χ3n) is 3.87. The van der Waals surface area contributed by atoms with E-state index in [-0.39, 0.29) is 5.63 Å². The number of aromatic amines is 1. The second-order valence-electron chi connectivity index (χ2n) is 5.02. The van der Waals surface area contributed by atoms with Crippen molar-refractivity contribution < 1.29 is 13.9 Å². The van der Waals surface area contributed by atoms with E-state index in [0.717, 1.165) is 21.8 Å². The number of aromatic nitrogens is 1. The van der Waals surface area contributed by atoms with Gasteiger partial charge in [-0.05, 0) is 12.1 Å². The molecule has 110 valence electrons. The van der Waals surface area contributed by atoms with E-state index in [0.29, 0.717) is 22.5 Å². The average molecular weight is 295 g/mol. The first kappa shape index (κ1) is 12.8. The molecule has 0 saturated heterocycles. The molecule has 4 rings (SSSR count). The third kappa shape index (κ3) is 1.62. The van der Waals surface area contributed by atoms with Crippen LogP contribution < -0.4 is 15.1 Å². The average Bonchev–Trinajstić information content (AvgIpc) is 2.91. The van der Waals surface area contributed by atoms with Gasteiger partial charge in [0.2, 0.25) is 0 Å². The van der Waals surface area contributed by atoms with Crippen LogP contribution in [0.1, 0.15) is 0 Å². The van der Waals surface area contributed by atoms with Crippen molar-refractivity contribution in [3.63, 3.8) is 0 Å². The van der Waals surface area contributed by atoms with Crippen molar-refractivity contribution in [3.05, 3.63) is 46.8 Å². The zero-order valence-electron chi connectivity index (χ0n) is 12.1. The predicted octanol–water partition coefficient (Wildman–Crippen LogP) is 3.44. The second kappa shape index (κ2) is 4.53. The maximum Gasteiger partial charge on any atom is 0.344 e. The molecule has 0 aliphatic heterocycles. The minimum atomic E-state index is -0.348. The fourth-order valence-corrected chi connectivity index (χ4v) is 2.82. The number of nitrogens with one attached hydrogen (secondary N) is 1. The molecule has 0 fully saturated rings. The van der Waals surface area contributed by atoms with Crippen LogP contribution in [0.15, 0.2) is 45.6 Å². The summed E-state index contributed by atoms with van der Waals surface area (Å²) in [6.07, 6.45) is 0. The Morgan fingerprint density at radius 3 is 2.36 bits per heavy atom. The molecule has 0 radical (unpaired) electrons. The molecule has 2 aromatic carbocycles. The molecule has 0 atom stereocenters. The highest BCUT2D eigenvalue weighted by Crippen LogP contribution is 2.36. The number of rotatable bonds is 2. The topological polar surface area (TPSA) is 64.5 Å². The smallest absolute Gasteiger partial charge is 0.344 e. The van der Waals surface area contributed by atoms with Crippen molar-refractivity contribution in [2.24, 2.45) is 0 Å². The fraction of sp³-hybridized carbons (Fsp3) is 0.118. The molecule has 1 N–H and O–H groups in total. The molecular formula is C17H13NO4. The van der Waals surface area contributed by atoms with Crippen LogP contribution in [0.2, 0.25) is 0 Å². The van der Waals surface area contributed by atoms with Gasteiger partial charge in [0.05, 0.1) is 30.6 Å². The summed E-state index contributed by atoms with van der Waals surface area (Å²) in [5.41, 5.74) is 1.80. The highest BCUT2D eigenvalue weighted by molar-refractivity contribution is 6.14. The van der Waals surface area contributed by atoms with Gasteiger partial charge in [-0.25, -0.2) is 4.79 Å². The summed E-state index contributed by atoms with van der Waals surface area (Å²) in [5, 5.41) is 2.18. The van der Waals surface area contributed by atoms with Gasteiger partial charge in [0, 0.05) is 16.8 Å². The van der Waals surface area contributed by atoms with Crippen LogP contribution >= 0.6 is 0 Å². The van der Waals surface area contributed by atoms with E-state index in [1.165, 1.54) is 0 Å². The van der Waals surface area contributed by atoms with Crippen LogP contribution in [0.25, 0.3) is 32.8 Å². The van der Waals surface area contributed by atoms with E-state index in [4.69, 9.17) is 13.9 Å². The maximum atomic E-state index is 12.2. The lowest BCUT2D eigenvalue weighted by Crippen LogP contribution is -1.98. The van der Waals surface area contributed by atoms with Crippen molar-refractivity contribution >= 4 is 32.8 Å². The van der Waals surface area contributed by atoms with E-state index in [1.54, 1.807) is 20.3 Å². The normalized spacial score (nSPS) is 11.4. The first-order chi connectivity index (χ1) is 10.7. The minimum Gasteiger partial charge on any atom is -0.493 e. The van der Waals surface area contributed by atoms with Gasteiger partial charge in [-0.15, -0.1) is 0 Å². The van der Waals surface area contributed by atoms with Crippen LogP contribution in [0.4, 0.5) is 0 Å². The summed E-state index contributed by atoms with van der Waals surface area (Å²) in [4.78, 5) is 15.5. The Morgan fingerprint density at radius 2 is 1.64 bits per heavy atom. The first-order valence-corrected chi connectivity index (χ1v) is 6.82. The number of fused-ring (bicyclic) bond motifs is 5. The largest absolute Gasteiger partial charge is 0.493 e. The lowest BCUT2D eigenvalue weighted by atomic mass is 10.1. The Hall–Kier alpha value is -2.95. The zero-order chi connectivity index (χ0) is 15.3. The SMILES string of the molecule is COc1cc2[nH]c3c4ccccc4c(=O)oc3c2cc1OC. The molecule has 2 aromatic heterocycles. The van der Waals surface area contributed by atoms with Crippen molar-refractivity contribution in [1.82, 2.24) is 4.98 Å². The monoisotopic (exact) mass is 295 g/mol. The zero-order valence-corrected chi connectivity index (χ0v) is 12.1. The van der Waals surface area contributed by atoms with E-state index in [1.807, 2.05) is 30.3 Å². The molecule has 0 aliphatic carbocycles.